The lowest BCUT2D eigenvalue weighted by atomic mass is 10.1. The molecule has 0 saturated heterocycles. The van der Waals surface area contributed by atoms with E-state index in [1.54, 1.807) is 0 Å². The van der Waals surface area contributed by atoms with E-state index in [0.29, 0.717) is 6.42 Å². The summed E-state index contributed by atoms with van der Waals surface area (Å²) < 4.78 is 55.5. The summed E-state index contributed by atoms with van der Waals surface area (Å²) in [6.07, 6.45) is 0.300. The Morgan fingerprint density at radius 2 is 1.75 bits per heavy atom. The van der Waals surface area contributed by atoms with Crippen LogP contribution in [0.15, 0.2) is 58.3 Å². The highest BCUT2D eigenvalue weighted by molar-refractivity contribution is 7.90. The maximum Gasteiger partial charge on any atom is 0.240 e. The molecule has 0 amide bonds. The Balaban J connectivity index is 1.72. The van der Waals surface area contributed by atoms with Crippen LogP contribution < -0.4 is 14.6 Å². The van der Waals surface area contributed by atoms with Crippen molar-refractivity contribution in [2.24, 2.45) is 5.14 Å². The quantitative estimate of drug-likeness (QED) is 0.802. The number of ether oxygens (including phenoxy) is 1. The number of fused-ring (bicyclic) bond motifs is 1. The molecule has 1 atom stereocenters. The molecule has 0 spiro atoms. The van der Waals surface area contributed by atoms with Gasteiger partial charge in [-0.25, -0.2) is 26.7 Å². The first-order valence-corrected chi connectivity index (χ1v) is 10.2. The summed E-state index contributed by atoms with van der Waals surface area (Å²) in [4.78, 5) is -0.417. The van der Waals surface area contributed by atoms with E-state index >= 15 is 0 Å². The van der Waals surface area contributed by atoms with E-state index in [1.165, 1.54) is 18.2 Å². The van der Waals surface area contributed by atoms with Crippen molar-refractivity contribution < 1.29 is 21.6 Å². The molecule has 0 aliphatic carbocycles. The molecular weight excluding hydrogens is 352 g/mol. The number of sulfonamides is 2. The third-order valence-electron chi connectivity index (χ3n) is 3.66. The van der Waals surface area contributed by atoms with Crippen molar-refractivity contribution in [3.63, 3.8) is 0 Å². The second kappa shape index (κ2) is 6.17. The van der Waals surface area contributed by atoms with Crippen LogP contribution in [-0.2, 0) is 26.5 Å². The molecule has 0 saturated carbocycles. The highest BCUT2D eigenvalue weighted by atomic mass is 32.2. The maximum atomic E-state index is 12.3. The first kappa shape index (κ1) is 16.9. The smallest absolute Gasteiger partial charge is 0.240 e. The first-order valence-electron chi connectivity index (χ1n) is 7.13. The number of benzene rings is 2. The Kier molecular flexibility index (Phi) is 4.35. The summed E-state index contributed by atoms with van der Waals surface area (Å²) >= 11 is 0. The van der Waals surface area contributed by atoms with Crippen molar-refractivity contribution in [3.05, 3.63) is 54.1 Å². The lowest BCUT2D eigenvalue weighted by Crippen LogP contribution is -2.34. The van der Waals surface area contributed by atoms with Crippen LogP contribution in [0.4, 0.5) is 0 Å². The molecule has 1 aliphatic heterocycles. The fourth-order valence-corrected chi connectivity index (χ4v) is 4.22. The van der Waals surface area contributed by atoms with E-state index < -0.39 is 20.0 Å². The molecule has 3 N–H and O–H groups in total. The molecule has 7 nitrogen and oxygen atoms in total. The molecule has 9 heteroatoms. The van der Waals surface area contributed by atoms with Crippen molar-refractivity contribution in [3.8, 4) is 5.75 Å². The number of rotatable bonds is 5. The summed E-state index contributed by atoms with van der Waals surface area (Å²) in [5, 5.41) is 5.03. The zero-order valence-electron chi connectivity index (χ0n) is 12.5. The van der Waals surface area contributed by atoms with Crippen molar-refractivity contribution in [2.45, 2.75) is 22.3 Å². The molecule has 0 aromatic heterocycles. The van der Waals surface area contributed by atoms with Crippen LogP contribution in [0.25, 0.3) is 0 Å². The average Bonchev–Trinajstić information content (AvgIpc) is 2.95. The van der Waals surface area contributed by atoms with Gasteiger partial charge in [-0.15, -0.1) is 0 Å². The fourth-order valence-electron chi connectivity index (χ4n) is 2.47. The van der Waals surface area contributed by atoms with Gasteiger partial charge in [0, 0.05) is 13.0 Å². The molecule has 2 aromatic carbocycles. The van der Waals surface area contributed by atoms with E-state index in [9.17, 15) is 16.8 Å². The van der Waals surface area contributed by atoms with E-state index in [4.69, 9.17) is 9.88 Å². The van der Waals surface area contributed by atoms with E-state index in [-0.39, 0.29) is 22.4 Å². The summed E-state index contributed by atoms with van der Waals surface area (Å²) in [5.41, 5.74) is 1.03. The summed E-state index contributed by atoms with van der Waals surface area (Å²) in [7, 11) is -7.84. The van der Waals surface area contributed by atoms with Crippen LogP contribution >= 0.6 is 0 Å². The Bertz CT molecular complexity index is 946. The number of primary sulfonamides is 1. The van der Waals surface area contributed by atoms with Crippen molar-refractivity contribution in [1.29, 1.82) is 0 Å². The molecule has 2 aromatic rings. The highest BCUT2D eigenvalue weighted by Gasteiger charge is 2.25. The van der Waals surface area contributed by atoms with Gasteiger partial charge in [-0.05, 0) is 29.8 Å². The fraction of sp³-hybridized carbons (Fsp3) is 0.200. The van der Waals surface area contributed by atoms with Crippen LogP contribution in [0.5, 0.6) is 5.75 Å². The van der Waals surface area contributed by atoms with Gasteiger partial charge in [-0.1, -0.05) is 24.3 Å². The van der Waals surface area contributed by atoms with Gasteiger partial charge in [0.25, 0.3) is 0 Å². The molecule has 1 unspecified atom stereocenters. The standard InChI is InChI=1S/C15H16N2O5S2/c16-23(18,19)13-5-3-6-14(9-13)24(20,21)17-10-12-8-11-4-1-2-7-15(11)22-12/h1-7,9,12,17H,8,10H2,(H2,16,18,19). The highest BCUT2D eigenvalue weighted by Crippen LogP contribution is 2.28. The molecule has 1 heterocycles. The van der Waals surface area contributed by atoms with E-state index in [2.05, 4.69) is 4.72 Å². The lowest BCUT2D eigenvalue weighted by Gasteiger charge is -2.12. The van der Waals surface area contributed by atoms with Gasteiger partial charge in [0.1, 0.15) is 11.9 Å². The Morgan fingerprint density at radius 3 is 2.46 bits per heavy atom. The first-order chi connectivity index (χ1) is 11.3. The predicted octanol–water partition coefficient (Wildman–Crippen LogP) is 0.616. The van der Waals surface area contributed by atoms with Crippen LogP contribution in [0.2, 0.25) is 0 Å². The number of nitrogens with one attached hydrogen (secondary N) is 1. The molecule has 1 aliphatic rings. The number of hydrogen-bond acceptors (Lipinski definition) is 5. The van der Waals surface area contributed by atoms with Gasteiger partial charge in [0.05, 0.1) is 9.79 Å². The van der Waals surface area contributed by atoms with Gasteiger partial charge in [-0.2, -0.15) is 0 Å². The Hall–Kier alpha value is -1.94. The second-order valence-corrected chi connectivity index (χ2v) is 8.75. The van der Waals surface area contributed by atoms with Crippen LogP contribution in [0, 0.1) is 0 Å². The number of para-hydroxylation sites is 1. The van der Waals surface area contributed by atoms with Crippen molar-refractivity contribution in [1.82, 2.24) is 4.72 Å². The monoisotopic (exact) mass is 368 g/mol. The third-order valence-corrected chi connectivity index (χ3v) is 5.99. The van der Waals surface area contributed by atoms with E-state index in [0.717, 1.165) is 17.4 Å². The molecule has 0 fully saturated rings. The topological polar surface area (TPSA) is 116 Å². The number of nitrogens with two attached hydrogens (primary N) is 1. The molecule has 3 rings (SSSR count). The summed E-state index contributed by atoms with van der Waals surface area (Å²) in [6.45, 7) is 0.0800. The minimum atomic E-state index is -3.97. The summed E-state index contributed by atoms with van der Waals surface area (Å²) in [5.74, 6) is 0.748. The number of hydrogen-bond donors (Lipinski definition) is 2. The van der Waals surface area contributed by atoms with Crippen LogP contribution in [0.3, 0.4) is 0 Å². The van der Waals surface area contributed by atoms with Gasteiger partial charge >= 0.3 is 0 Å². The molecule has 0 radical (unpaired) electrons. The Morgan fingerprint density at radius 1 is 1.04 bits per heavy atom. The van der Waals surface area contributed by atoms with Gasteiger partial charge < -0.3 is 4.74 Å². The maximum absolute atomic E-state index is 12.3. The SMILES string of the molecule is NS(=O)(=O)c1cccc(S(=O)(=O)NCC2Cc3ccccc3O2)c1. The van der Waals surface area contributed by atoms with Crippen molar-refractivity contribution in [2.75, 3.05) is 6.54 Å². The normalized spacial score (nSPS) is 17.3. The molecule has 0 bridgehead atoms. The molecular formula is C15H16N2O5S2. The van der Waals surface area contributed by atoms with Gasteiger partial charge in [-0.3, -0.25) is 0 Å². The third kappa shape index (κ3) is 3.59. The largest absolute Gasteiger partial charge is 0.488 e. The zero-order chi connectivity index (χ0) is 17.4. The summed E-state index contributed by atoms with van der Waals surface area (Å²) in [6, 6.07) is 12.4. The van der Waals surface area contributed by atoms with E-state index in [1.807, 2.05) is 24.3 Å². The van der Waals surface area contributed by atoms with Gasteiger partial charge in [0.2, 0.25) is 20.0 Å². The second-order valence-electron chi connectivity index (χ2n) is 5.42. The molecule has 24 heavy (non-hydrogen) atoms. The molecule has 128 valence electrons. The Labute approximate surface area is 140 Å². The van der Waals surface area contributed by atoms with Crippen LogP contribution in [-0.4, -0.2) is 29.5 Å². The zero-order valence-corrected chi connectivity index (χ0v) is 14.2. The van der Waals surface area contributed by atoms with Gasteiger partial charge in [0.15, 0.2) is 0 Å². The minimum Gasteiger partial charge on any atom is -0.488 e. The average molecular weight is 368 g/mol. The van der Waals surface area contributed by atoms with Crippen LogP contribution in [0.1, 0.15) is 5.56 Å². The van der Waals surface area contributed by atoms with Crippen molar-refractivity contribution >= 4 is 20.0 Å². The lowest BCUT2D eigenvalue weighted by molar-refractivity contribution is 0.236. The predicted molar refractivity (Wildman–Crippen MR) is 87.6 cm³/mol. The minimum absolute atomic E-state index is 0.0800.